The van der Waals surface area contributed by atoms with Gasteiger partial charge in [0.1, 0.15) is 0 Å². The molecular formula is C20H26N4O. The second kappa shape index (κ2) is 6.22. The van der Waals surface area contributed by atoms with Gasteiger partial charge in [-0.3, -0.25) is 9.38 Å². The van der Waals surface area contributed by atoms with Gasteiger partial charge < -0.3 is 10.5 Å². The van der Waals surface area contributed by atoms with Gasteiger partial charge in [-0.15, -0.1) is 0 Å². The van der Waals surface area contributed by atoms with Gasteiger partial charge >= 0.3 is 0 Å². The van der Waals surface area contributed by atoms with E-state index >= 15 is 0 Å². The average molecular weight is 338 g/mol. The topological polar surface area (TPSA) is 65.4 Å². The zero-order valence-electron chi connectivity index (χ0n) is 14.7. The predicted octanol–water partition coefficient (Wildman–Crippen LogP) is 3.08. The molecule has 1 saturated carbocycles. The first-order chi connectivity index (χ1) is 12.3. The number of rotatable bonds is 2. The van der Waals surface area contributed by atoms with Gasteiger partial charge in [-0.25, -0.2) is 4.98 Å². The lowest BCUT2D eigenvalue weighted by Crippen LogP contribution is -2.25. The number of hydrogen-bond acceptors (Lipinski definition) is 4. The molecule has 0 radical (unpaired) electrons. The van der Waals surface area contributed by atoms with E-state index in [0.29, 0.717) is 17.9 Å². The highest BCUT2D eigenvalue weighted by Gasteiger charge is 2.28. The van der Waals surface area contributed by atoms with Gasteiger partial charge in [0.2, 0.25) is 0 Å². The van der Waals surface area contributed by atoms with Crippen LogP contribution >= 0.6 is 0 Å². The van der Waals surface area contributed by atoms with Crippen molar-refractivity contribution >= 4 is 11.2 Å². The van der Waals surface area contributed by atoms with Gasteiger partial charge in [0.25, 0.3) is 0 Å². The van der Waals surface area contributed by atoms with Crippen molar-refractivity contribution < 1.29 is 4.74 Å². The molecular weight excluding hydrogens is 312 g/mol. The van der Waals surface area contributed by atoms with Crippen molar-refractivity contribution in [1.82, 2.24) is 14.4 Å². The second-order valence-electron chi connectivity index (χ2n) is 7.81. The van der Waals surface area contributed by atoms with Gasteiger partial charge in [-0.05, 0) is 50.0 Å². The molecule has 0 unspecified atom stereocenters. The molecule has 5 nitrogen and oxygen atoms in total. The fraction of sp³-hybridized carbons (Fsp3) is 0.600. The lowest BCUT2D eigenvalue weighted by molar-refractivity contribution is 0.0807. The lowest BCUT2D eigenvalue weighted by Gasteiger charge is -2.24. The van der Waals surface area contributed by atoms with Crippen molar-refractivity contribution in [2.45, 2.75) is 56.9 Å². The van der Waals surface area contributed by atoms with E-state index in [1.165, 1.54) is 22.7 Å². The molecule has 0 amide bonds. The van der Waals surface area contributed by atoms with Crippen LogP contribution in [-0.4, -0.2) is 33.6 Å². The first-order valence-electron chi connectivity index (χ1n) is 9.70. The Morgan fingerprint density at radius 2 is 1.84 bits per heavy atom. The molecule has 0 spiro atoms. The summed E-state index contributed by atoms with van der Waals surface area (Å²) in [6.07, 6.45) is 14.3. The first kappa shape index (κ1) is 15.5. The molecule has 0 bridgehead atoms. The van der Waals surface area contributed by atoms with Crippen LogP contribution in [0.25, 0.3) is 11.2 Å². The van der Waals surface area contributed by atoms with E-state index in [-0.39, 0.29) is 0 Å². The van der Waals surface area contributed by atoms with Gasteiger partial charge in [0, 0.05) is 37.8 Å². The van der Waals surface area contributed by atoms with E-state index < -0.39 is 0 Å². The molecule has 132 valence electrons. The standard InChI is InChI=1S/C20H26N4O/c21-15-3-1-14(2-4-15)18-12-24-19(23-18)11-22-17-6-5-16(20(17)24)13-7-9-25-10-8-13/h5,11-15H,1-4,6-10,21H2. The molecule has 5 heteroatoms. The fourth-order valence-electron chi connectivity index (χ4n) is 4.76. The summed E-state index contributed by atoms with van der Waals surface area (Å²) in [7, 11) is 0. The number of ether oxygens (including phenoxy) is 1. The SMILES string of the molecule is NC1CCC(c2cn3c4c(ncc3n2)CC=C4C2CCOCC2)CC1. The number of imidazole rings is 1. The molecule has 2 aromatic heterocycles. The van der Waals surface area contributed by atoms with Crippen LogP contribution < -0.4 is 5.73 Å². The van der Waals surface area contributed by atoms with Crippen LogP contribution in [0.4, 0.5) is 0 Å². The van der Waals surface area contributed by atoms with E-state index in [0.717, 1.165) is 63.8 Å². The van der Waals surface area contributed by atoms with Crippen molar-refractivity contribution in [2.24, 2.45) is 11.7 Å². The number of nitrogens with two attached hydrogens (primary N) is 1. The van der Waals surface area contributed by atoms with Gasteiger partial charge in [0.05, 0.1) is 23.3 Å². The maximum Gasteiger partial charge on any atom is 0.156 e. The van der Waals surface area contributed by atoms with Crippen LogP contribution in [0.1, 0.15) is 61.5 Å². The Balaban J connectivity index is 1.51. The van der Waals surface area contributed by atoms with E-state index in [9.17, 15) is 0 Å². The quantitative estimate of drug-likeness (QED) is 0.914. The Morgan fingerprint density at radius 1 is 1.04 bits per heavy atom. The summed E-state index contributed by atoms with van der Waals surface area (Å²) >= 11 is 0. The highest BCUT2D eigenvalue weighted by molar-refractivity contribution is 5.73. The summed E-state index contributed by atoms with van der Waals surface area (Å²) in [5.74, 6) is 1.15. The molecule has 1 aliphatic heterocycles. The number of hydrogen-bond donors (Lipinski definition) is 1. The van der Waals surface area contributed by atoms with Crippen LogP contribution in [0.15, 0.2) is 18.5 Å². The first-order valence-corrected chi connectivity index (χ1v) is 9.70. The van der Waals surface area contributed by atoms with E-state index in [1.807, 2.05) is 6.20 Å². The minimum Gasteiger partial charge on any atom is -0.381 e. The van der Waals surface area contributed by atoms with Crippen LogP contribution in [0.3, 0.4) is 0 Å². The molecule has 5 rings (SSSR count). The second-order valence-corrected chi connectivity index (χ2v) is 7.81. The molecule has 2 N–H and O–H groups in total. The lowest BCUT2D eigenvalue weighted by atomic mass is 9.85. The molecule has 25 heavy (non-hydrogen) atoms. The number of aromatic nitrogens is 3. The van der Waals surface area contributed by atoms with E-state index in [4.69, 9.17) is 20.4 Å². The highest BCUT2D eigenvalue weighted by atomic mass is 16.5. The number of fused-ring (bicyclic) bond motifs is 3. The van der Waals surface area contributed by atoms with Gasteiger partial charge in [0.15, 0.2) is 5.65 Å². The molecule has 2 aromatic rings. The monoisotopic (exact) mass is 338 g/mol. The summed E-state index contributed by atoms with van der Waals surface area (Å²) in [5.41, 5.74) is 12.2. The van der Waals surface area contributed by atoms with Gasteiger partial charge in [-0.2, -0.15) is 0 Å². The zero-order valence-corrected chi connectivity index (χ0v) is 14.7. The normalized spacial score (nSPS) is 27.5. The van der Waals surface area contributed by atoms with Gasteiger partial charge in [-0.1, -0.05) is 6.08 Å². The van der Waals surface area contributed by atoms with Crippen molar-refractivity contribution in [3.05, 3.63) is 35.6 Å². The molecule has 2 aliphatic carbocycles. The van der Waals surface area contributed by atoms with Crippen LogP contribution in [0.5, 0.6) is 0 Å². The third-order valence-corrected chi connectivity index (χ3v) is 6.24. The largest absolute Gasteiger partial charge is 0.381 e. The molecule has 1 saturated heterocycles. The maximum absolute atomic E-state index is 6.07. The summed E-state index contributed by atoms with van der Waals surface area (Å²) < 4.78 is 7.86. The maximum atomic E-state index is 6.07. The molecule has 3 aliphatic rings. The summed E-state index contributed by atoms with van der Waals surface area (Å²) in [6, 6.07) is 0.377. The molecule has 0 atom stereocenters. The Kier molecular flexibility index (Phi) is 3.86. The molecule has 2 fully saturated rings. The Morgan fingerprint density at radius 3 is 2.64 bits per heavy atom. The van der Waals surface area contributed by atoms with Crippen molar-refractivity contribution in [3.8, 4) is 0 Å². The van der Waals surface area contributed by atoms with Crippen molar-refractivity contribution in [3.63, 3.8) is 0 Å². The summed E-state index contributed by atoms with van der Waals surface area (Å²) in [6.45, 7) is 1.75. The Bertz CT molecular complexity index is 810. The number of allylic oxidation sites excluding steroid dienone is 2. The smallest absolute Gasteiger partial charge is 0.156 e. The third kappa shape index (κ3) is 2.70. The predicted molar refractivity (Wildman–Crippen MR) is 97.4 cm³/mol. The average Bonchev–Trinajstić information content (AvgIpc) is 3.26. The van der Waals surface area contributed by atoms with Crippen molar-refractivity contribution in [2.75, 3.05) is 13.2 Å². The number of nitrogens with zero attached hydrogens (tertiary/aromatic N) is 3. The van der Waals surface area contributed by atoms with Crippen LogP contribution in [0, 0.1) is 5.92 Å². The van der Waals surface area contributed by atoms with E-state index in [1.54, 1.807) is 0 Å². The zero-order chi connectivity index (χ0) is 16.8. The minimum absolute atomic E-state index is 0.377. The molecule has 3 heterocycles. The minimum atomic E-state index is 0.377. The summed E-state index contributed by atoms with van der Waals surface area (Å²) in [4.78, 5) is 9.64. The fourth-order valence-corrected chi connectivity index (χ4v) is 4.76. The summed E-state index contributed by atoms with van der Waals surface area (Å²) in [5, 5.41) is 0. The Hall–Kier alpha value is -1.72. The van der Waals surface area contributed by atoms with E-state index in [2.05, 4.69) is 16.7 Å². The third-order valence-electron chi connectivity index (χ3n) is 6.24. The Labute approximate surface area is 148 Å². The van der Waals surface area contributed by atoms with Crippen molar-refractivity contribution in [1.29, 1.82) is 0 Å². The highest BCUT2D eigenvalue weighted by Crippen LogP contribution is 2.38. The van der Waals surface area contributed by atoms with Crippen LogP contribution in [0.2, 0.25) is 0 Å². The molecule has 0 aromatic carbocycles. The van der Waals surface area contributed by atoms with Crippen LogP contribution in [-0.2, 0) is 11.2 Å².